The normalized spacial score (nSPS) is 20.0. The lowest BCUT2D eigenvalue weighted by molar-refractivity contribution is -0.150. The minimum Gasteiger partial charge on any atom is -0.477 e. The van der Waals surface area contributed by atoms with E-state index < -0.39 is 46.8 Å². The van der Waals surface area contributed by atoms with Crippen molar-refractivity contribution in [2.24, 2.45) is 5.16 Å². The molecule has 2 atom stereocenters. The van der Waals surface area contributed by atoms with Gasteiger partial charge in [-0.25, -0.2) is 9.78 Å². The number of ether oxygens (including phenoxy) is 1. The molecular weight excluding hydrogens is 502 g/mol. The van der Waals surface area contributed by atoms with Crippen molar-refractivity contribution >= 4 is 75.2 Å². The van der Waals surface area contributed by atoms with E-state index in [2.05, 4.69) is 20.8 Å². The van der Waals surface area contributed by atoms with E-state index >= 15 is 0 Å². The van der Waals surface area contributed by atoms with Crippen LogP contribution in [-0.4, -0.2) is 85.2 Å². The number of nitrogens with zero attached hydrogens (tertiary/aromatic N) is 3. The van der Waals surface area contributed by atoms with Crippen LogP contribution in [0, 0.1) is 0 Å². The average molecular weight is 518 g/mol. The number of amides is 3. The number of nitrogens with one attached hydrogen (secondary N) is 2. The number of β-lactam (4-membered cyclic amide) rings is 1. The van der Waals surface area contributed by atoms with Gasteiger partial charge in [-0.15, -0.1) is 34.7 Å². The summed E-state index contributed by atoms with van der Waals surface area (Å²) in [6, 6.07) is -1.09. The minimum absolute atomic E-state index is 0.0559. The number of rotatable bonds is 8. The number of thiazole rings is 1. The highest BCUT2D eigenvalue weighted by Gasteiger charge is 2.54. The number of fused-ring (bicyclic) bond motifs is 1. The molecule has 0 saturated carbocycles. The first-order valence-corrected chi connectivity index (χ1v) is 11.5. The average Bonchev–Trinajstić information content (AvgIpc) is 3.23. The molecule has 0 aliphatic carbocycles. The molecular formula is C17H16ClN5O8S2. The Morgan fingerprint density at radius 3 is 2.73 bits per heavy atom. The fourth-order valence-electron chi connectivity index (χ4n) is 3.00. The van der Waals surface area contributed by atoms with Crippen LogP contribution in [0.5, 0.6) is 0 Å². The maximum atomic E-state index is 12.7. The highest BCUT2D eigenvalue weighted by atomic mass is 35.5. The number of oxime groups is 1. The maximum Gasteiger partial charge on any atom is 0.352 e. The first kappa shape index (κ1) is 24.5. The topological polar surface area (TPSA) is 188 Å². The third-order valence-electron chi connectivity index (χ3n) is 4.42. The van der Waals surface area contributed by atoms with Crippen molar-refractivity contribution < 1.29 is 39.0 Å². The maximum absolute atomic E-state index is 12.7. The number of hydrogen-bond acceptors (Lipinski definition) is 11. The summed E-state index contributed by atoms with van der Waals surface area (Å²) in [4.78, 5) is 64.4. The van der Waals surface area contributed by atoms with Gasteiger partial charge in [0.1, 0.15) is 35.3 Å². The number of carbonyl (C=O) groups excluding carboxylic acids is 4. The molecule has 0 spiro atoms. The second kappa shape index (κ2) is 10.2. The number of anilines is 1. The number of hydrogen-bond donors (Lipinski definition) is 4. The van der Waals surface area contributed by atoms with Crippen molar-refractivity contribution in [3.8, 4) is 0 Å². The van der Waals surface area contributed by atoms with Crippen LogP contribution in [0.1, 0.15) is 12.6 Å². The molecule has 1 fully saturated rings. The third kappa shape index (κ3) is 5.09. The van der Waals surface area contributed by atoms with Gasteiger partial charge in [0.05, 0.1) is 0 Å². The van der Waals surface area contributed by atoms with Crippen molar-refractivity contribution in [1.29, 1.82) is 0 Å². The molecule has 4 N–H and O–H groups in total. The summed E-state index contributed by atoms with van der Waals surface area (Å²) in [6.45, 7) is 0.906. The smallest absolute Gasteiger partial charge is 0.352 e. The molecule has 0 bridgehead atoms. The second-order valence-electron chi connectivity index (χ2n) is 6.57. The van der Waals surface area contributed by atoms with Crippen LogP contribution in [0.3, 0.4) is 0 Å². The van der Waals surface area contributed by atoms with Gasteiger partial charge in [-0.3, -0.25) is 24.1 Å². The van der Waals surface area contributed by atoms with Crippen molar-refractivity contribution in [2.45, 2.75) is 18.3 Å². The quantitative estimate of drug-likeness (QED) is 0.0897. The Morgan fingerprint density at radius 2 is 2.12 bits per heavy atom. The Morgan fingerprint density at radius 1 is 1.39 bits per heavy atom. The molecule has 16 heteroatoms. The van der Waals surface area contributed by atoms with Gasteiger partial charge in [-0.2, -0.15) is 0 Å². The molecule has 1 saturated heterocycles. The highest BCUT2D eigenvalue weighted by molar-refractivity contribution is 8.00. The van der Waals surface area contributed by atoms with Gasteiger partial charge in [0.25, 0.3) is 11.8 Å². The Labute approximate surface area is 198 Å². The Kier molecular flexibility index (Phi) is 7.55. The monoisotopic (exact) mass is 517 g/mol. The van der Waals surface area contributed by atoms with Crippen molar-refractivity contribution in [2.75, 3.05) is 23.6 Å². The number of thioether (sulfide) groups is 1. The molecule has 13 nitrogen and oxygen atoms in total. The van der Waals surface area contributed by atoms with Crippen LogP contribution >= 0.6 is 34.7 Å². The molecule has 1 aromatic rings. The Balaban J connectivity index is 1.72. The van der Waals surface area contributed by atoms with E-state index in [1.54, 1.807) is 0 Å². The molecule has 1 unspecified atom stereocenters. The summed E-state index contributed by atoms with van der Waals surface area (Å²) in [6.07, 6.45) is 0. The zero-order chi connectivity index (χ0) is 24.3. The summed E-state index contributed by atoms with van der Waals surface area (Å²) in [5, 5.41) is 27.3. The molecule has 1 aromatic heterocycles. The van der Waals surface area contributed by atoms with E-state index in [4.69, 9.17) is 16.3 Å². The third-order valence-corrected chi connectivity index (χ3v) is 6.76. The molecule has 33 heavy (non-hydrogen) atoms. The molecule has 2 aliphatic rings. The molecule has 3 rings (SSSR count). The number of esters is 1. The lowest BCUT2D eigenvalue weighted by Gasteiger charge is -2.49. The van der Waals surface area contributed by atoms with Crippen molar-refractivity contribution in [3.05, 3.63) is 22.3 Å². The zero-order valence-corrected chi connectivity index (χ0v) is 19.1. The van der Waals surface area contributed by atoms with Crippen LogP contribution in [-0.2, 0) is 28.7 Å². The number of aliphatic carboxylic acids is 1. The van der Waals surface area contributed by atoms with Gasteiger partial charge in [0.2, 0.25) is 5.91 Å². The fraction of sp³-hybridized carbons (Fsp3) is 0.353. The predicted molar refractivity (Wildman–Crippen MR) is 116 cm³/mol. The lowest BCUT2D eigenvalue weighted by atomic mass is 10.0. The van der Waals surface area contributed by atoms with Gasteiger partial charge in [-0.05, 0) is 0 Å². The van der Waals surface area contributed by atoms with Crippen LogP contribution in [0.2, 0.25) is 0 Å². The van der Waals surface area contributed by atoms with E-state index in [0.29, 0.717) is 0 Å². The molecule has 3 amide bonds. The molecule has 3 heterocycles. The van der Waals surface area contributed by atoms with Crippen molar-refractivity contribution in [3.63, 3.8) is 0 Å². The predicted octanol–water partition coefficient (Wildman–Crippen LogP) is -0.200. The lowest BCUT2D eigenvalue weighted by Crippen LogP contribution is -2.71. The molecule has 0 radical (unpaired) electrons. The summed E-state index contributed by atoms with van der Waals surface area (Å²) < 4.78 is 4.86. The van der Waals surface area contributed by atoms with Gasteiger partial charge in [0, 0.05) is 23.6 Å². The summed E-state index contributed by atoms with van der Waals surface area (Å²) >= 11 is 7.55. The van der Waals surface area contributed by atoms with E-state index in [1.165, 1.54) is 24.1 Å². The number of alkyl halides is 1. The zero-order valence-electron chi connectivity index (χ0n) is 16.7. The van der Waals surface area contributed by atoms with E-state index in [-0.39, 0.29) is 40.3 Å². The van der Waals surface area contributed by atoms with E-state index in [1.807, 2.05) is 0 Å². The first-order valence-electron chi connectivity index (χ1n) is 9.05. The highest BCUT2D eigenvalue weighted by Crippen LogP contribution is 2.40. The SMILES string of the molecule is CC(=O)OCC1=C(C(=O)O)N2C(=O)C(NC(=O)C(=NO)c3csc(NC(=O)CCl)n3)[C@H]2SC1. The van der Waals surface area contributed by atoms with E-state index in [9.17, 15) is 34.3 Å². The number of carboxylic acids is 1. The van der Waals surface area contributed by atoms with Crippen molar-refractivity contribution in [1.82, 2.24) is 15.2 Å². The van der Waals surface area contributed by atoms with Gasteiger partial charge in [-0.1, -0.05) is 5.16 Å². The number of halogens is 1. The van der Waals surface area contributed by atoms with Gasteiger partial charge in [0.15, 0.2) is 10.8 Å². The summed E-state index contributed by atoms with van der Waals surface area (Å²) in [5.74, 6) is -4.24. The molecule has 2 aliphatic heterocycles. The summed E-state index contributed by atoms with van der Waals surface area (Å²) in [5.41, 5.74) is -0.608. The van der Waals surface area contributed by atoms with Gasteiger partial charge < -0.3 is 25.7 Å². The van der Waals surface area contributed by atoms with E-state index in [0.717, 1.165) is 16.2 Å². The minimum atomic E-state index is -1.37. The van der Waals surface area contributed by atoms with Crippen LogP contribution in [0.4, 0.5) is 5.13 Å². The van der Waals surface area contributed by atoms with Crippen LogP contribution in [0.25, 0.3) is 0 Å². The fourth-order valence-corrected chi connectivity index (χ4v) is 5.10. The van der Waals surface area contributed by atoms with Crippen LogP contribution in [0.15, 0.2) is 21.8 Å². The second-order valence-corrected chi connectivity index (χ2v) is 8.80. The number of aromatic nitrogens is 1. The molecule has 0 aromatic carbocycles. The Bertz CT molecular complexity index is 1090. The largest absolute Gasteiger partial charge is 0.477 e. The first-order chi connectivity index (χ1) is 15.7. The van der Waals surface area contributed by atoms with Gasteiger partial charge >= 0.3 is 11.9 Å². The summed E-state index contributed by atoms with van der Waals surface area (Å²) in [7, 11) is 0. The number of carboxylic acid groups (broad SMARTS) is 1. The number of carbonyl (C=O) groups is 5. The standard InChI is InChI=1S/C17H16ClN5O8S2/c1-6(24)31-3-7-4-32-15-11(14(27)23(15)12(7)16(28)29)21-13(26)10(22-30)8-5-33-17(19-8)20-9(25)2-18/h5,11,15,30H,2-4H2,1H3,(H,21,26)(H,28,29)(H,19,20,25)/t11?,15-/m1/s1. The van der Waals surface area contributed by atoms with Crippen LogP contribution < -0.4 is 10.6 Å². The Hall–Kier alpha value is -3.17. The molecule has 176 valence electrons.